The summed E-state index contributed by atoms with van der Waals surface area (Å²) >= 11 is 1.05. The molecule has 5 rings (SSSR count). The Morgan fingerprint density at radius 1 is 1.41 bits per heavy atom. The van der Waals surface area contributed by atoms with E-state index in [1.165, 1.54) is 6.07 Å². The number of fused-ring (bicyclic) bond motifs is 4. The third kappa shape index (κ3) is 2.30. The van der Waals surface area contributed by atoms with Crippen LogP contribution in [-0.2, 0) is 0 Å². The smallest absolute Gasteiger partial charge is 0.270 e. The molecule has 116 valence electrons. The third-order valence-electron chi connectivity index (χ3n) is 5.08. The van der Waals surface area contributed by atoms with Crippen molar-refractivity contribution >= 4 is 27.3 Å². The number of thiophene rings is 1. The van der Waals surface area contributed by atoms with Gasteiger partial charge in [0.05, 0.1) is 0 Å². The monoisotopic (exact) mass is 319 g/mol. The van der Waals surface area contributed by atoms with Crippen LogP contribution in [0.2, 0.25) is 0 Å². The highest BCUT2D eigenvalue weighted by molar-refractivity contribution is 7.17. The Labute approximate surface area is 132 Å². The number of pyridine rings is 1. The number of rotatable bonds is 2. The third-order valence-corrected chi connectivity index (χ3v) is 5.97. The molecule has 2 bridgehead atoms. The molecule has 2 aromatic rings. The molecular formula is C16H18FN3OS. The first-order valence-electron chi connectivity index (χ1n) is 7.72. The first-order valence-corrected chi connectivity index (χ1v) is 8.53. The Morgan fingerprint density at radius 2 is 2.18 bits per heavy atom. The summed E-state index contributed by atoms with van der Waals surface area (Å²) in [6, 6.07) is 3.70. The summed E-state index contributed by atoms with van der Waals surface area (Å²) in [5.41, 5.74) is 0.373. The molecule has 22 heavy (non-hydrogen) atoms. The average Bonchev–Trinajstić information content (AvgIpc) is 2.90. The van der Waals surface area contributed by atoms with Crippen LogP contribution in [0.3, 0.4) is 0 Å². The lowest BCUT2D eigenvalue weighted by Crippen LogP contribution is -2.62. The Hall–Kier alpha value is -1.53. The fourth-order valence-corrected chi connectivity index (χ4v) is 4.59. The average molecular weight is 319 g/mol. The van der Waals surface area contributed by atoms with E-state index in [1.807, 2.05) is 0 Å². The van der Waals surface area contributed by atoms with E-state index in [4.69, 9.17) is 0 Å². The first kappa shape index (κ1) is 14.1. The zero-order valence-corrected chi connectivity index (χ0v) is 13.2. The van der Waals surface area contributed by atoms with Gasteiger partial charge in [-0.2, -0.15) is 4.39 Å². The molecule has 3 aliphatic heterocycles. The maximum atomic E-state index is 13.3. The van der Waals surface area contributed by atoms with Crippen molar-refractivity contribution < 1.29 is 9.18 Å². The van der Waals surface area contributed by atoms with Crippen molar-refractivity contribution in [2.75, 3.05) is 13.1 Å². The summed E-state index contributed by atoms with van der Waals surface area (Å²) < 4.78 is 14.0. The van der Waals surface area contributed by atoms with Gasteiger partial charge in [0.15, 0.2) is 5.13 Å². The largest absolute Gasteiger partial charge is 0.346 e. The number of piperidine rings is 3. The van der Waals surface area contributed by atoms with Crippen LogP contribution in [0, 0.1) is 11.0 Å². The van der Waals surface area contributed by atoms with Crippen LogP contribution in [0.1, 0.15) is 30.3 Å². The fraction of sp³-hybridized carbons (Fsp3) is 0.500. The van der Waals surface area contributed by atoms with Crippen LogP contribution in [-0.4, -0.2) is 41.0 Å². The molecule has 0 aliphatic carbocycles. The van der Waals surface area contributed by atoms with Crippen molar-refractivity contribution in [1.82, 2.24) is 15.2 Å². The van der Waals surface area contributed by atoms with Gasteiger partial charge in [-0.15, -0.1) is 11.3 Å². The normalized spacial score (nSPS) is 30.6. The molecule has 2 aromatic heterocycles. The summed E-state index contributed by atoms with van der Waals surface area (Å²) in [4.78, 5) is 19.1. The van der Waals surface area contributed by atoms with Gasteiger partial charge in [0, 0.05) is 28.4 Å². The van der Waals surface area contributed by atoms with E-state index < -0.39 is 0 Å². The number of hydrogen-bond donors (Lipinski definition) is 1. The molecule has 3 fully saturated rings. The molecule has 2 atom stereocenters. The minimum atomic E-state index is -0.250. The van der Waals surface area contributed by atoms with Crippen LogP contribution in [0.15, 0.2) is 18.3 Å². The van der Waals surface area contributed by atoms with Gasteiger partial charge >= 0.3 is 0 Å². The topological polar surface area (TPSA) is 45.2 Å². The first-order chi connectivity index (χ1) is 10.6. The number of amides is 1. The van der Waals surface area contributed by atoms with E-state index >= 15 is 0 Å². The number of aromatic nitrogens is 1. The number of halogens is 1. The minimum Gasteiger partial charge on any atom is -0.346 e. The van der Waals surface area contributed by atoms with Crippen LogP contribution in [0.5, 0.6) is 0 Å². The Bertz CT molecular complexity index is 721. The van der Waals surface area contributed by atoms with Gasteiger partial charge in [0.1, 0.15) is 5.69 Å². The molecule has 5 heterocycles. The predicted molar refractivity (Wildman–Crippen MR) is 84.6 cm³/mol. The van der Waals surface area contributed by atoms with E-state index in [2.05, 4.69) is 22.1 Å². The SMILES string of the molecule is C[C@H]1[C@H](NC(=O)c2cc3sc(F)cc3cn2)C2CCN1CC2. The van der Waals surface area contributed by atoms with Crippen molar-refractivity contribution in [2.24, 2.45) is 5.92 Å². The predicted octanol–water partition coefficient (Wildman–Crippen LogP) is 2.65. The molecule has 0 aromatic carbocycles. The fourth-order valence-electron chi connectivity index (χ4n) is 3.80. The van der Waals surface area contributed by atoms with Gasteiger partial charge in [-0.1, -0.05) is 0 Å². The Morgan fingerprint density at radius 3 is 2.91 bits per heavy atom. The van der Waals surface area contributed by atoms with Crippen LogP contribution < -0.4 is 5.32 Å². The second-order valence-electron chi connectivity index (χ2n) is 6.27. The second kappa shape index (κ2) is 5.28. The number of hydrogen-bond acceptors (Lipinski definition) is 4. The van der Waals surface area contributed by atoms with Gasteiger partial charge in [-0.3, -0.25) is 14.7 Å². The molecule has 1 amide bonds. The molecule has 6 heteroatoms. The van der Waals surface area contributed by atoms with Crippen molar-refractivity contribution in [3.8, 4) is 0 Å². The second-order valence-corrected chi connectivity index (χ2v) is 7.31. The maximum Gasteiger partial charge on any atom is 0.270 e. The molecule has 4 nitrogen and oxygen atoms in total. The van der Waals surface area contributed by atoms with Crippen molar-refractivity contribution in [1.29, 1.82) is 0 Å². The number of carbonyl (C=O) groups is 1. The van der Waals surface area contributed by atoms with Crippen molar-refractivity contribution in [3.05, 3.63) is 29.2 Å². The number of carbonyl (C=O) groups excluding carboxylic acids is 1. The van der Waals surface area contributed by atoms with Crippen LogP contribution in [0.25, 0.3) is 10.1 Å². The van der Waals surface area contributed by atoms with E-state index in [0.717, 1.165) is 47.4 Å². The summed E-state index contributed by atoms with van der Waals surface area (Å²) in [7, 11) is 0. The molecule has 1 N–H and O–H groups in total. The van der Waals surface area contributed by atoms with E-state index in [-0.39, 0.29) is 17.1 Å². The number of nitrogens with one attached hydrogen (secondary N) is 1. The van der Waals surface area contributed by atoms with E-state index in [9.17, 15) is 9.18 Å². The van der Waals surface area contributed by atoms with E-state index in [1.54, 1.807) is 12.3 Å². The summed E-state index contributed by atoms with van der Waals surface area (Å²) in [6.07, 6.45) is 3.87. The number of nitrogens with zero attached hydrogens (tertiary/aromatic N) is 2. The quantitative estimate of drug-likeness (QED) is 0.925. The molecule has 3 aliphatic rings. The van der Waals surface area contributed by atoms with Gasteiger partial charge in [0.2, 0.25) is 0 Å². The van der Waals surface area contributed by atoms with Crippen molar-refractivity contribution in [3.63, 3.8) is 0 Å². The summed E-state index contributed by atoms with van der Waals surface area (Å²) in [5, 5.41) is 3.65. The lowest BCUT2D eigenvalue weighted by Gasteiger charge is -2.49. The highest BCUT2D eigenvalue weighted by atomic mass is 32.1. The highest BCUT2D eigenvalue weighted by Gasteiger charge is 2.40. The maximum absolute atomic E-state index is 13.3. The van der Waals surface area contributed by atoms with Crippen LogP contribution in [0.4, 0.5) is 4.39 Å². The molecule has 0 radical (unpaired) electrons. The van der Waals surface area contributed by atoms with Crippen LogP contribution >= 0.6 is 11.3 Å². The zero-order valence-electron chi connectivity index (χ0n) is 12.4. The minimum absolute atomic E-state index is 0.152. The molecular weight excluding hydrogens is 301 g/mol. The Balaban J connectivity index is 1.55. The Kier molecular flexibility index (Phi) is 3.38. The van der Waals surface area contributed by atoms with Gasteiger partial charge in [-0.25, -0.2) is 0 Å². The standard InChI is InChI=1S/C16H18FN3OS/c1-9-15(10-2-4-20(9)5-3-10)19-16(21)12-7-13-11(8-18-12)6-14(17)22-13/h6-10,15H,2-5H2,1H3,(H,19,21)/t9-,15-/m0/s1. The van der Waals surface area contributed by atoms with Gasteiger partial charge < -0.3 is 5.32 Å². The summed E-state index contributed by atoms with van der Waals surface area (Å²) in [5.74, 6) is 0.410. The van der Waals surface area contributed by atoms with E-state index in [0.29, 0.717) is 17.7 Å². The summed E-state index contributed by atoms with van der Waals surface area (Å²) in [6.45, 7) is 4.45. The lowest BCUT2D eigenvalue weighted by atomic mass is 9.79. The zero-order chi connectivity index (χ0) is 15.3. The molecule has 0 unspecified atom stereocenters. The highest BCUT2D eigenvalue weighted by Crippen LogP contribution is 2.32. The van der Waals surface area contributed by atoms with Crippen molar-refractivity contribution in [2.45, 2.75) is 31.8 Å². The molecule has 0 spiro atoms. The molecule has 3 saturated heterocycles. The molecule has 0 saturated carbocycles. The van der Waals surface area contributed by atoms with Gasteiger partial charge in [0.25, 0.3) is 5.91 Å². The lowest BCUT2D eigenvalue weighted by molar-refractivity contribution is 0.0216. The van der Waals surface area contributed by atoms with Gasteiger partial charge in [-0.05, 0) is 50.9 Å².